The van der Waals surface area contributed by atoms with Gasteiger partial charge >= 0.3 is 5.97 Å². The van der Waals surface area contributed by atoms with Gasteiger partial charge in [0.15, 0.2) is 17.9 Å². The first-order valence-electron chi connectivity index (χ1n) is 9.73. The number of thioether (sulfide) groups is 1. The van der Waals surface area contributed by atoms with Gasteiger partial charge in [-0.2, -0.15) is 9.36 Å². The number of aromatic nitrogens is 4. The van der Waals surface area contributed by atoms with Crippen LogP contribution in [0.3, 0.4) is 0 Å². The summed E-state index contributed by atoms with van der Waals surface area (Å²) in [5.74, 6) is -2.53. The maximum absolute atomic E-state index is 12.9. The molecule has 0 radical (unpaired) electrons. The fourth-order valence-electron chi connectivity index (χ4n) is 3.24. The van der Waals surface area contributed by atoms with Crippen LogP contribution in [0.4, 0.5) is 5.13 Å². The summed E-state index contributed by atoms with van der Waals surface area (Å²) in [7, 11) is 0. The van der Waals surface area contributed by atoms with Gasteiger partial charge in [0.05, 0.1) is 11.4 Å². The Morgan fingerprint density at radius 1 is 1.42 bits per heavy atom. The lowest BCUT2D eigenvalue weighted by Crippen LogP contribution is -2.71. The second-order valence-corrected chi connectivity index (χ2v) is 8.96. The molecule has 4 N–H and O–H groups in total. The highest BCUT2D eigenvalue weighted by Gasteiger charge is 2.55. The van der Waals surface area contributed by atoms with Gasteiger partial charge in [-0.05, 0) is 24.2 Å². The third-order valence-electron chi connectivity index (χ3n) is 4.66. The molecule has 15 heteroatoms. The molecule has 0 saturated carbocycles. The summed E-state index contributed by atoms with van der Waals surface area (Å²) < 4.78 is 5.64. The summed E-state index contributed by atoms with van der Waals surface area (Å²) in [5.41, 5.74) is 5.24. The third-order valence-corrected chi connectivity index (χ3v) is 6.60. The zero-order valence-corrected chi connectivity index (χ0v) is 18.8. The Kier molecular flexibility index (Phi) is 6.50. The van der Waals surface area contributed by atoms with Gasteiger partial charge in [-0.25, -0.2) is 4.79 Å². The van der Waals surface area contributed by atoms with E-state index in [1.807, 2.05) is 6.07 Å². The Balaban J connectivity index is 1.53. The van der Waals surface area contributed by atoms with Crippen molar-refractivity contribution in [3.8, 4) is 0 Å². The van der Waals surface area contributed by atoms with E-state index in [1.54, 1.807) is 30.1 Å². The van der Waals surface area contributed by atoms with Crippen molar-refractivity contribution < 1.29 is 29.0 Å². The number of aliphatic carboxylic acids is 1. The molecule has 2 aromatic rings. The van der Waals surface area contributed by atoms with Crippen LogP contribution in [0.2, 0.25) is 0 Å². The van der Waals surface area contributed by atoms with Gasteiger partial charge in [0.25, 0.3) is 11.8 Å². The van der Waals surface area contributed by atoms with E-state index in [0.717, 1.165) is 16.4 Å². The second-order valence-electron chi connectivity index (χ2n) is 6.82. The number of hydrogen-bond donors (Lipinski definition) is 3. The molecule has 4 rings (SSSR count). The first-order chi connectivity index (χ1) is 15.9. The molecule has 0 aliphatic carbocycles. The van der Waals surface area contributed by atoms with E-state index in [0.29, 0.717) is 6.54 Å². The molecule has 0 spiro atoms. The summed E-state index contributed by atoms with van der Waals surface area (Å²) in [6, 6.07) is 2.61. The summed E-state index contributed by atoms with van der Waals surface area (Å²) in [4.78, 5) is 47.5. The second kappa shape index (κ2) is 9.50. The predicted octanol–water partition coefficient (Wildman–Crippen LogP) is -1.02. The van der Waals surface area contributed by atoms with Crippen LogP contribution in [0.1, 0.15) is 12.7 Å². The van der Waals surface area contributed by atoms with E-state index in [1.165, 1.54) is 17.8 Å². The molecule has 33 heavy (non-hydrogen) atoms. The van der Waals surface area contributed by atoms with E-state index < -0.39 is 29.2 Å². The standard InChI is InChI=1S/C18H18N8O5S2/c1-2-31-23-11(13-22-18(19)33-24-13)14(27)21-12-15(28)26-10(17(29)30)7-9(32-16(12)26)8-25-6-4-3-5-20-25/h3-7,9,12,16H,2,8H2,1H3,(H3-,19,21,22,24,27,29,30)/p+1/t9?,12?,16-/m1/s1. The van der Waals surface area contributed by atoms with Gasteiger partial charge in [-0.15, -0.1) is 11.8 Å². The summed E-state index contributed by atoms with van der Waals surface area (Å²) in [5, 5.41) is 19.4. The van der Waals surface area contributed by atoms with Gasteiger partial charge in [0, 0.05) is 17.6 Å². The van der Waals surface area contributed by atoms with E-state index in [-0.39, 0.29) is 34.2 Å². The minimum atomic E-state index is -1.23. The number of nitrogen functional groups attached to an aromatic ring is 1. The van der Waals surface area contributed by atoms with Crippen molar-refractivity contribution in [2.45, 2.75) is 30.1 Å². The van der Waals surface area contributed by atoms with Gasteiger partial charge in [0.2, 0.25) is 11.5 Å². The molecule has 1 fully saturated rings. The molecular formula is C18H19N8O5S2+. The molecule has 0 bridgehead atoms. The Bertz CT molecular complexity index is 1140. The average Bonchev–Trinajstić information content (AvgIpc) is 3.23. The van der Waals surface area contributed by atoms with Crippen molar-refractivity contribution in [1.29, 1.82) is 0 Å². The summed E-state index contributed by atoms with van der Waals surface area (Å²) in [6.07, 6.45) is 4.90. The molecule has 2 unspecified atom stereocenters. The first-order valence-corrected chi connectivity index (χ1v) is 11.5. The van der Waals surface area contributed by atoms with Gasteiger partial charge < -0.3 is 21.0 Å². The zero-order valence-electron chi connectivity index (χ0n) is 17.2. The Hall–Kier alpha value is -3.59. The van der Waals surface area contributed by atoms with Crippen molar-refractivity contribution in [1.82, 2.24) is 24.7 Å². The van der Waals surface area contributed by atoms with Crippen molar-refractivity contribution >= 4 is 51.9 Å². The number of nitrogens with one attached hydrogen (secondary N) is 1. The Morgan fingerprint density at radius 3 is 2.88 bits per heavy atom. The number of carbonyl (C=O) groups is 3. The SMILES string of the molecule is CCON=C(C(=O)NC1C(=O)N2C(C(=O)O)=CC(C[n+]3ccccn3)S[C@H]12)c1nsc(N)n1. The molecule has 13 nitrogen and oxygen atoms in total. The first kappa shape index (κ1) is 22.6. The smallest absolute Gasteiger partial charge is 0.352 e. The molecule has 2 aromatic heterocycles. The van der Waals surface area contributed by atoms with Crippen molar-refractivity contribution in [3.63, 3.8) is 0 Å². The quantitative estimate of drug-likeness (QED) is 0.179. The monoisotopic (exact) mass is 491 g/mol. The van der Waals surface area contributed by atoms with Crippen LogP contribution in [-0.2, 0) is 25.8 Å². The van der Waals surface area contributed by atoms with Crippen LogP contribution >= 0.6 is 23.3 Å². The van der Waals surface area contributed by atoms with Crippen LogP contribution in [0.15, 0.2) is 41.5 Å². The normalized spacial score (nSPS) is 22.2. The Morgan fingerprint density at radius 2 is 2.24 bits per heavy atom. The lowest BCUT2D eigenvalue weighted by molar-refractivity contribution is -0.752. The molecular weight excluding hydrogens is 472 g/mol. The molecule has 0 aromatic carbocycles. The number of carboxylic acids is 1. The molecule has 3 atom stereocenters. The molecule has 1 saturated heterocycles. The number of fused-ring (bicyclic) bond motifs is 1. The van der Waals surface area contributed by atoms with Gasteiger partial charge in [-0.3, -0.25) is 14.5 Å². The number of β-lactam (4-membered cyclic amide) rings is 1. The zero-order chi connectivity index (χ0) is 23.5. The van der Waals surface area contributed by atoms with Crippen molar-refractivity contribution in [2.24, 2.45) is 5.16 Å². The Labute approximate surface area is 195 Å². The van der Waals surface area contributed by atoms with Crippen LogP contribution in [0.5, 0.6) is 0 Å². The highest BCUT2D eigenvalue weighted by atomic mass is 32.2. The highest BCUT2D eigenvalue weighted by Crippen LogP contribution is 2.41. The maximum Gasteiger partial charge on any atom is 0.352 e. The summed E-state index contributed by atoms with van der Waals surface area (Å²) >= 11 is 2.24. The van der Waals surface area contributed by atoms with E-state index in [9.17, 15) is 19.5 Å². The minimum Gasteiger partial charge on any atom is -0.477 e. The van der Waals surface area contributed by atoms with E-state index in [2.05, 4.69) is 24.9 Å². The summed E-state index contributed by atoms with van der Waals surface area (Å²) in [6.45, 7) is 2.28. The molecule has 2 aliphatic rings. The van der Waals surface area contributed by atoms with Crippen LogP contribution in [-0.4, -0.2) is 71.2 Å². The van der Waals surface area contributed by atoms with Crippen LogP contribution in [0.25, 0.3) is 0 Å². The minimum absolute atomic E-state index is 0.0288. The van der Waals surface area contributed by atoms with Gasteiger partial charge in [0.1, 0.15) is 23.7 Å². The number of carbonyl (C=O) groups excluding carboxylic acids is 2. The molecule has 2 amide bonds. The topological polar surface area (TPSA) is 177 Å². The number of amides is 2. The van der Waals surface area contributed by atoms with E-state index in [4.69, 9.17) is 10.6 Å². The van der Waals surface area contributed by atoms with E-state index >= 15 is 0 Å². The number of hydrogen-bond acceptors (Lipinski definition) is 11. The molecule has 172 valence electrons. The number of carboxylic acid groups (broad SMARTS) is 1. The fraction of sp³-hybridized carbons (Fsp3) is 0.333. The molecule has 2 aliphatic heterocycles. The van der Waals surface area contributed by atoms with Crippen LogP contribution < -0.4 is 15.7 Å². The predicted molar refractivity (Wildman–Crippen MR) is 117 cm³/mol. The lowest BCUT2D eigenvalue weighted by atomic mass is 10.0. The van der Waals surface area contributed by atoms with Crippen molar-refractivity contribution in [3.05, 3.63) is 42.1 Å². The maximum atomic E-state index is 12.9. The number of anilines is 1. The highest BCUT2D eigenvalue weighted by molar-refractivity contribution is 8.00. The number of nitrogens with zero attached hydrogens (tertiary/aromatic N) is 6. The number of rotatable bonds is 8. The van der Waals surface area contributed by atoms with Crippen LogP contribution in [0, 0.1) is 0 Å². The third kappa shape index (κ3) is 4.63. The lowest BCUT2D eigenvalue weighted by Gasteiger charge is -2.49. The largest absolute Gasteiger partial charge is 0.477 e. The van der Waals surface area contributed by atoms with Crippen molar-refractivity contribution in [2.75, 3.05) is 12.3 Å². The molecule has 4 heterocycles. The number of oxime groups is 1. The van der Waals surface area contributed by atoms with Gasteiger partial charge in [-0.1, -0.05) is 9.84 Å². The average molecular weight is 492 g/mol. The fourth-order valence-corrected chi connectivity index (χ4v) is 5.16. The number of nitrogens with two attached hydrogens (primary N) is 1.